The maximum atomic E-state index is 12.7. The molecule has 1 aromatic carbocycles. The number of nitrogens with zero attached hydrogens (tertiary/aromatic N) is 2. The van der Waals surface area contributed by atoms with Crippen LogP contribution in [0.4, 0.5) is 0 Å². The number of hydrogen-bond donors (Lipinski definition) is 1. The Morgan fingerprint density at radius 3 is 2.74 bits per heavy atom. The summed E-state index contributed by atoms with van der Waals surface area (Å²) in [4.78, 5) is 12.7. The van der Waals surface area contributed by atoms with Crippen molar-refractivity contribution >= 4 is 5.91 Å². The highest BCUT2D eigenvalue weighted by Crippen LogP contribution is 2.32. The molecule has 1 N–H and O–H groups in total. The van der Waals surface area contributed by atoms with Gasteiger partial charge in [-0.15, -0.1) is 0 Å². The molecule has 7 heteroatoms. The summed E-state index contributed by atoms with van der Waals surface area (Å²) in [6.07, 6.45) is 2.24. The highest BCUT2D eigenvalue weighted by Gasteiger charge is 2.19. The predicted octanol–water partition coefficient (Wildman–Crippen LogP) is 3.06. The van der Waals surface area contributed by atoms with Crippen molar-refractivity contribution in [3.05, 3.63) is 54.1 Å². The fourth-order valence-corrected chi connectivity index (χ4v) is 2.90. The molecular weight excluding hydrogens is 346 g/mol. The maximum absolute atomic E-state index is 12.7. The number of carbonyl (C=O) groups is 1. The summed E-state index contributed by atoms with van der Waals surface area (Å²) >= 11 is 0. The number of carbonyl (C=O) groups excluding carboxylic acids is 1. The van der Waals surface area contributed by atoms with Crippen LogP contribution in [-0.2, 0) is 13.5 Å². The van der Waals surface area contributed by atoms with Crippen LogP contribution >= 0.6 is 0 Å². The number of benzene rings is 1. The van der Waals surface area contributed by atoms with Gasteiger partial charge >= 0.3 is 0 Å². The number of aryl methyl sites for hydroxylation is 1. The number of amides is 1. The molecule has 0 bridgehead atoms. The van der Waals surface area contributed by atoms with Crippen LogP contribution in [0.2, 0.25) is 0 Å². The molecule has 0 aliphatic carbocycles. The predicted molar refractivity (Wildman–Crippen MR) is 101 cm³/mol. The number of ether oxygens (including phenoxy) is 2. The monoisotopic (exact) mass is 369 g/mol. The van der Waals surface area contributed by atoms with E-state index >= 15 is 0 Å². The first-order valence-corrected chi connectivity index (χ1v) is 8.61. The summed E-state index contributed by atoms with van der Waals surface area (Å²) in [6.45, 7) is 1.93. The van der Waals surface area contributed by atoms with Gasteiger partial charge in [-0.2, -0.15) is 5.10 Å². The number of furan rings is 1. The van der Waals surface area contributed by atoms with Crippen molar-refractivity contribution in [1.29, 1.82) is 0 Å². The summed E-state index contributed by atoms with van der Waals surface area (Å²) in [6, 6.07) is 10.9. The molecule has 0 saturated carbocycles. The first kappa shape index (κ1) is 18.6. The molecule has 7 nitrogen and oxygen atoms in total. The fraction of sp³-hybridized carbons (Fsp3) is 0.300. The van der Waals surface area contributed by atoms with Gasteiger partial charge in [0.15, 0.2) is 0 Å². The van der Waals surface area contributed by atoms with E-state index in [1.165, 1.54) is 0 Å². The largest absolute Gasteiger partial charge is 0.497 e. The van der Waals surface area contributed by atoms with Gasteiger partial charge in [0.05, 0.1) is 26.2 Å². The third-order valence-corrected chi connectivity index (χ3v) is 4.26. The Hall–Kier alpha value is -3.22. The molecule has 0 saturated heterocycles. The van der Waals surface area contributed by atoms with Crippen LogP contribution in [0.3, 0.4) is 0 Å². The standard InChI is InChI=1S/C20H23N3O4/c1-13(10-15-6-5-9-27-15)21-20(24)18-12-17(22-23(18)2)16-11-14(25-3)7-8-19(16)26-4/h5-9,11-13H,10H2,1-4H3,(H,21,24)/t13-/m0/s1. The zero-order valence-electron chi connectivity index (χ0n) is 15.9. The SMILES string of the molecule is COc1ccc(OC)c(-c2cc(C(=O)N[C@@H](C)Cc3ccco3)n(C)n2)c1. The van der Waals surface area contributed by atoms with Gasteiger partial charge in [-0.25, -0.2) is 0 Å². The molecule has 142 valence electrons. The van der Waals surface area contributed by atoms with Crippen LogP contribution in [0, 0.1) is 0 Å². The Bertz CT molecular complexity index is 915. The minimum atomic E-state index is -0.197. The highest BCUT2D eigenvalue weighted by molar-refractivity contribution is 5.94. The van der Waals surface area contributed by atoms with E-state index in [0.717, 1.165) is 11.3 Å². The van der Waals surface area contributed by atoms with Gasteiger partial charge < -0.3 is 19.2 Å². The summed E-state index contributed by atoms with van der Waals surface area (Å²) in [5, 5.41) is 7.45. The van der Waals surface area contributed by atoms with E-state index in [4.69, 9.17) is 13.9 Å². The molecule has 1 amide bonds. The molecule has 0 unspecified atom stereocenters. The number of methoxy groups -OCH3 is 2. The molecule has 27 heavy (non-hydrogen) atoms. The second-order valence-electron chi connectivity index (χ2n) is 6.26. The zero-order chi connectivity index (χ0) is 19.4. The van der Waals surface area contributed by atoms with Crippen LogP contribution in [-0.4, -0.2) is 35.9 Å². The van der Waals surface area contributed by atoms with E-state index in [1.807, 2.05) is 37.3 Å². The second kappa shape index (κ2) is 7.99. The Kier molecular flexibility index (Phi) is 5.49. The van der Waals surface area contributed by atoms with E-state index in [9.17, 15) is 4.79 Å². The normalized spacial score (nSPS) is 11.9. The topological polar surface area (TPSA) is 78.5 Å². The first-order valence-electron chi connectivity index (χ1n) is 8.61. The number of nitrogens with one attached hydrogen (secondary N) is 1. The summed E-state index contributed by atoms with van der Waals surface area (Å²) in [7, 11) is 4.93. The molecule has 3 rings (SSSR count). The van der Waals surface area contributed by atoms with Gasteiger partial charge in [0.2, 0.25) is 0 Å². The van der Waals surface area contributed by atoms with Crippen LogP contribution in [0.15, 0.2) is 47.1 Å². The Morgan fingerprint density at radius 1 is 1.26 bits per heavy atom. The minimum absolute atomic E-state index is 0.0756. The Labute approximate surface area is 157 Å². The summed E-state index contributed by atoms with van der Waals surface area (Å²) in [5.41, 5.74) is 1.85. The molecule has 0 spiro atoms. The lowest BCUT2D eigenvalue weighted by Gasteiger charge is -2.12. The van der Waals surface area contributed by atoms with Crippen LogP contribution < -0.4 is 14.8 Å². The van der Waals surface area contributed by atoms with Crippen molar-refractivity contribution < 1.29 is 18.7 Å². The van der Waals surface area contributed by atoms with Crippen molar-refractivity contribution in [2.75, 3.05) is 14.2 Å². The summed E-state index contributed by atoms with van der Waals surface area (Å²) < 4.78 is 17.6. The molecular formula is C20H23N3O4. The zero-order valence-corrected chi connectivity index (χ0v) is 15.9. The molecule has 1 atom stereocenters. The second-order valence-corrected chi connectivity index (χ2v) is 6.26. The van der Waals surface area contributed by atoms with E-state index in [1.54, 1.807) is 38.3 Å². The fourth-order valence-electron chi connectivity index (χ4n) is 2.90. The first-order chi connectivity index (χ1) is 13.0. The van der Waals surface area contributed by atoms with E-state index in [2.05, 4.69) is 10.4 Å². The van der Waals surface area contributed by atoms with Crippen molar-refractivity contribution in [3.8, 4) is 22.8 Å². The van der Waals surface area contributed by atoms with Crippen molar-refractivity contribution in [1.82, 2.24) is 15.1 Å². The third kappa shape index (κ3) is 4.13. The summed E-state index contributed by atoms with van der Waals surface area (Å²) in [5.74, 6) is 1.98. The van der Waals surface area contributed by atoms with Crippen LogP contribution in [0.1, 0.15) is 23.2 Å². The van der Waals surface area contributed by atoms with Crippen molar-refractivity contribution in [2.45, 2.75) is 19.4 Å². The quantitative estimate of drug-likeness (QED) is 0.692. The Morgan fingerprint density at radius 2 is 2.07 bits per heavy atom. The van der Waals surface area contributed by atoms with E-state index < -0.39 is 0 Å². The van der Waals surface area contributed by atoms with Gasteiger partial charge in [-0.3, -0.25) is 9.48 Å². The average Bonchev–Trinajstić information content (AvgIpc) is 3.30. The van der Waals surface area contributed by atoms with Gasteiger partial charge in [0.1, 0.15) is 23.0 Å². The third-order valence-electron chi connectivity index (χ3n) is 4.26. The molecule has 2 heterocycles. The lowest BCUT2D eigenvalue weighted by molar-refractivity contribution is 0.0929. The van der Waals surface area contributed by atoms with Gasteiger partial charge in [0, 0.05) is 25.1 Å². The lowest BCUT2D eigenvalue weighted by Crippen LogP contribution is -2.35. The van der Waals surface area contributed by atoms with Gasteiger partial charge in [0.25, 0.3) is 5.91 Å². The van der Waals surface area contributed by atoms with Crippen molar-refractivity contribution in [2.24, 2.45) is 7.05 Å². The van der Waals surface area contributed by atoms with E-state index in [-0.39, 0.29) is 11.9 Å². The molecule has 0 aliphatic heterocycles. The maximum Gasteiger partial charge on any atom is 0.269 e. The van der Waals surface area contributed by atoms with Gasteiger partial charge in [-0.05, 0) is 43.3 Å². The molecule has 0 aliphatic rings. The van der Waals surface area contributed by atoms with Crippen molar-refractivity contribution in [3.63, 3.8) is 0 Å². The molecule has 0 radical (unpaired) electrons. The van der Waals surface area contributed by atoms with Gasteiger partial charge in [-0.1, -0.05) is 0 Å². The number of aromatic nitrogens is 2. The Balaban J connectivity index is 1.81. The highest BCUT2D eigenvalue weighted by atomic mass is 16.5. The van der Waals surface area contributed by atoms with E-state index in [0.29, 0.717) is 29.3 Å². The minimum Gasteiger partial charge on any atom is -0.497 e. The smallest absolute Gasteiger partial charge is 0.269 e. The number of rotatable bonds is 7. The molecule has 2 aromatic heterocycles. The van der Waals surface area contributed by atoms with Crippen LogP contribution in [0.5, 0.6) is 11.5 Å². The number of hydrogen-bond acceptors (Lipinski definition) is 5. The lowest BCUT2D eigenvalue weighted by atomic mass is 10.1. The molecule has 0 fully saturated rings. The van der Waals surface area contributed by atoms with Crippen LogP contribution in [0.25, 0.3) is 11.3 Å². The molecule has 3 aromatic rings. The average molecular weight is 369 g/mol.